The van der Waals surface area contributed by atoms with Crippen molar-refractivity contribution in [2.75, 3.05) is 14.2 Å². The van der Waals surface area contributed by atoms with Crippen molar-refractivity contribution in [1.82, 2.24) is 10.2 Å². The van der Waals surface area contributed by atoms with Crippen molar-refractivity contribution < 1.29 is 28.9 Å². The van der Waals surface area contributed by atoms with E-state index < -0.39 is 5.97 Å². The van der Waals surface area contributed by atoms with Crippen molar-refractivity contribution >= 4 is 23.8 Å². The van der Waals surface area contributed by atoms with Gasteiger partial charge in [-0.25, -0.2) is 4.79 Å². The fourth-order valence-electron chi connectivity index (χ4n) is 2.27. The van der Waals surface area contributed by atoms with Gasteiger partial charge in [-0.3, -0.25) is 0 Å². The van der Waals surface area contributed by atoms with Crippen LogP contribution in [-0.2, 0) is 4.79 Å². The second-order valence-electron chi connectivity index (χ2n) is 5.43. The fraction of sp³-hybridized carbons (Fsp3) is 0.105. The molecule has 0 saturated heterocycles. The quantitative estimate of drug-likeness (QED) is 0.472. The van der Waals surface area contributed by atoms with Crippen LogP contribution in [0.5, 0.6) is 17.2 Å². The van der Waals surface area contributed by atoms with E-state index in [0.29, 0.717) is 17.1 Å². The molecule has 144 valence electrons. The number of para-hydroxylation sites is 1. The Kier molecular flexibility index (Phi) is 5.85. The van der Waals surface area contributed by atoms with E-state index in [1.807, 2.05) is 0 Å². The van der Waals surface area contributed by atoms with Crippen molar-refractivity contribution in [2.24, 2.45) is 0 Å². The Morgan fingerprint density at radius 1 is 1.14 bits per heavy atom. The van der Waals surface area contributed by atoms with E-state index in [4.69, 9.17) is 13.9 Å². The van der Waals surface area contributed by atoms with Crippen molar-refractivity contribution in [3.8, 4) is 28.7 Å². The SMILES string of the molecule is COc1cc(OC)cc(-c2nnc(S/C(=C/c3ccccc3[O-])C(=O)O)o2)c1. The van der Waals surface area contributed by atoms with Gasteiger partial charge in [0.2, 0.25) is 5.89 Å². The highest BCUT2D eigenvalue weighted by molar-refractivity contribution is 8.03. The number of aromatic nitrogens is 2. The van der Waals surface area contributed by atoms with Gasteiger partial charge in [-0.2, -0.15) is 0 Å². The number of carbonyl (C=O) groups is 1. The van der Waals surface area contributed by atoms with Crippen molar-refractivity contribution in [3.05, 3.63) is 52.9 Å². The summed E-state index contributed by atoms with van der Waals surface area (Å²) in [6.07, 6.45) is 1.27. The largest absolute Gasteiger partial charge is 0.872 e. The molecule has 0 fully saturated rings. The van der Waals surface area contributed by atoms with Gasteiger partial charge in [0, 0.05) is 11.6 Å². The maximum atomic E-state index is 11.8. The summed E-state index contributed by atoms with van der Waals surface area (Å²) in [4.78, 5) is 11.4. The molecule has 0 aliphatic rings. The molecular formula is C19H15N2O6S-. The van der Waals surface area contributed by atoms with Crippen LogP contribution in [0.1, 0.15) is 5.56 Å². The van der Waals surface area contributed by atoms with E-state index in [0.717, 1.165) is 11.8 Å². The molecule has 1 aromatic heterocycles. The van der Waals surface area contributed by atoms with Gasteiger partial charge in [-0.05, 0) is 35.5 Å². The zero-order chi connectivity index (χ0) is 20.1. The highest BCUT2D eigenvalue weighted by Gasteiger charge is 2.17. The first-order chi connectivity index (χ1) is 13.5. The standard InChI is InChI=1S/C19H16N2O6S/c1-25-13-7-12(8-14(10-13)26-2)17-20-21-19(27-17)28-16(18(23)24)9-11-5-3-4-6-15(11)22/h3-10,22H,1-2H3,(H,23,24)/p-1/b16-9+. The van der Waals surface area contributed by atoms with Gasteiger partial charge in [-0.15, -0.1) is 15.9 Å². The number of aliphatic carboxylic acids is 1. The first-order valence-corrected chi connectivity index (χ1v) is 8.77. The molecule has 1 N–H and O–H groups in total. The Balaban J connectivity index is 1.89. The maximum absolute atomic E-state index is 11.8. The Morgan fingerprint density at radius 3 is 2.43 bits per heavy atom. The number of methoxy groups -OCH3 is 2. The third-order valence-electron chi connectivity index (χ3n) is 3.62. The molecular weight excluding hydrogens is 384 g/mol. The molecule has 0 spiro atoms. The van der Waals surface area contributed by atoms with Crippen LogP contribution in [0.3, 0.4) is 0 Å². The molecule has 3 aromatic rings. The van der Waals surface area contributed by atoms with Gasteiger partial charge in [0.25, 0.3) is 5.22 Å². The normalized spacial score (nSPS) is 11.3. The summed E-state index contributed by atoms with van der Waals surface area (Å²) in [5.74, 6) is -0.235. The molecule has 8 nitrogen and oxygen atoms in total. The summed E-state index contributed by atoms with van der Waals surface area (Å²) in [5, 5.41) is 29.1. The number of carboxylic acids is 1. The van der Waals surface area contributed by atoms with E-state index >= 15 is 0 Å². The first kappa shape index (κ1) is 19.3. The van der Waals surface area contributed by atoms with Crippen LogP contribution in [0.2, 0.25) is 0 Å². The third-order valence-corrected chi connectivity index (χ3v) is 4.47. The minimum absolute atomic E-state index is 0.0221. The Hall–Kier alpha value is -3.46. The number of benzene rings is 2. The minimum atomic E-state index is -1.21. The van der Waals surface area contributed by atoms with Crippen molar-refractivity contribution in [1.29, 1.82) is 0 Å². The van der Waals surface area contributed by atoms with Gasteiger partial charge >= 0.3 is 5.97 Å². The Labute approximate surface area is 164 Å². The zero-order valence-corrected chi connectivity index (χ0v) is 15.7. The highest BCUT2D eigenvalue weighted by atomic mass is 32.2. The van der Waals surface area contributed by atoms with Crippen LogP contribution < -0.4 is 14.6 Å². The molecule has 0 radical (unpaired) electrons. The van der Waals surface area contributed by atoms with Crippen LogP contribution in [0.25, 0.3) is 17.5 Å². The summed E-state index contributed by atoms with van der Waals surface area (Å²) >= 11 is 0.756. The average Bonchev–Trinajstić information content (AvgIpc) is 3.17. The molecule has 0 aliphatic heterocycles. The lowest BCUT2D eigenvalue weighted by Crippen LogP contribution is -1.98. The molecule has 3 rings (SSSR count). The number of hydrogen-bond acceptors (Lipinski definition) is 8. The monoisotopic (exact) mass is 399 g/mol. The zero-order valence-electron chi connectivity index (χ0n) is 14.9. The van der Waals surface area contributed by atoms with E-state index in [2.05, 4.69) is 10.2 Å². The van der Waals surface area contributed by atoms with Crippen LogP contribution in [0, 0.1) is 0 Å². The molecule has 0 bridgehead atoms. The highest BCUT2D eigenvalue weighted by Crippen LogP contribution is 2.33. The number of carboxylic acid groups (broad SMARTS) is 1. The van der Waals surface area contributed by atoms with E-state index in [-0.39, 0.29) is 27.3 Å². The lowest BCUT2D eigenvalue weighted by atomic mass is 10.2. The van der Waals surface area contributed by atoms with E-state index in [1.165, 1.54) is 32.4 Å². The van der Waals surface area contributed by atoms with Gasteiger partial charge in [0.1, 0.15) is 16.4 Å². The first-order valence-electron chi connectivity index (χ1n) is 7.96. The Bertz CT molecular complexity index is 1010. The van der Waals surface area contributed by atoms with Gasteiger partial charge in [0.05, 0.1) is 14.2 Å². The maximum Gasteiger partial charge on any atom is 0.342 e. The van der Waals surface area contributed by atoms with Crippen molar-refractivity contribution in [2.45, 2.75) is 5.22 Å². The Morgan fingerprint density at radius 2 is 1.82 bits per heavy atom. The smallest absolute Gasteiger partial charge is 0.342 e. The summed E-state index contributed by atoms with van der Waals surface area (Å²) in [6.45, 7) is 0. The average molecular weight is 399 g/mol. The molecule has 1 heterocycles. The van der Waals surface area contributed by atoms with E-state index in [9.17, 15) is 15.0 Å². The van der Waals surface area contributed by atoms with Crippen LogP contribution in [0.15, 0.2) is 57.0 Å². The molecule has 0 saturated carbocycles. The van der Waals surface area contributed by atoms with E-state index in [1.54, 1.807) is 30.3 Å². The van der Waals surface area contributed by atoms with Gasteiger partial charge in [0.15, 0.2) is 0 Å². The molecule has 0 amide bonds. The summed E-state index contributed by atoms with van der Waals surface area (Å²) in [6, 6.07) is 11.2. The number of thioether (sulfide) groups is 1. The lowest BCUT2D eigenvalue weighted by molar-refractivity contribution is -0.268. The third kappa shape index (κ3) is 4.44. The summed E-state index contributed by atoms with van der Waals surface area (Å²) in [7, 11) is 3.04. The van der Waals surface area contributed by atoms with Crippen molar-refractivity contribution in [3.63, 3.8) is 0 Å². The second-order valence-corrected chi connectivity index (χ2v) is 6.42. The predicted molar refractivity (Wildman–Crippen MR) is 100 cm³/mol. The number of rotatable bonds is 7. The van der Waals surface area contributed by atoms with Crippen LogP contribution in [0.4, 0.5) is 0 Å². The number of ether oxygens (including phenoxy) is 2. The molecule has 0 aliphatic carbocycles. The summed E-state index contributed by atoms with van der Waals surface area (Å²) < 4.78 is 16.0. The second kappa shape index (κ2) is 8.49. The topological polar surface area (TPSA) is 118 Å². The van der Waals surface area contributed by atoms with Crippen LogP contribution in [-0.4, -0.2) is 35.5 Å². The fourth-order valence-corrected chi connectivity index (χ4v) is 2.93. The molecule has 2 aromatic carbocycles. The molecule has 0 atom stereocenters. The van der Waals surface area contributed by atoms with Gasteiger partial charge < -0.3 is 24.1 Å². The van der Waals surface area contributed by atoms with Crippen LogP contribution >= 0.6 is 11.8 Å². The lowest BCUT2D eigenvalue weighted by Gasteiger charge is -2.09. The predicted octanol–water partition coefficient (Wildman–Crippen LogP) is 3.05. The number of hydrogen-bond donors (Lipinski definition) is 1. The minimum Gasteiger partial charge on any atom is -0.872 e. The summed E-state index contributed by atoms with van der Waals surface area (Å²) in [5.41, 5.74) is 0.811. The number of nitrogens with zero attached hydrogens (tertiary/aromatic N) is 2. The molecule has 9 heteroatoms. The molecule has 28 heavy (non-hydrogen) atoms. The molecule has 0 unspecified atom stereocenters. The van der Waals surface area contributed by atoms with Gasteiger partial charge in [-0.1, -0.05) is 24.3 Å².